The Labute approximate surface area is 344 Å². The zero-order chi connectivity index (χ0) is 39.0. The molecule has 3 aliphatic rings. The predicted octanol–water partition coefficient (Wildman–Crippen LogP) is 13.1. The molecule has 0 saturated heterocycles. The van der Waals surface area contributed by atoms with E-state index in [0.717, 1.165) is 12.8 Å². The zero-order valence-corrected chi connectivity index (χ0v) is 38.8. The number of allylic oxidation sites excluding steroid dienone is 2. The maximum absolute atomic E-state index is 9.24. The van der Waals surface area contributed by atoms with Crippen LogP contribution in [-0.2, 0) is 16.4 Å². The van der Waals surface area contributed by atoms with Gasteiger partial charge in [0.1, 0.15) is 0 Å². The van der Waals surface area contributed by atoms with Crippen molar-refractivity contribution in [1.29, 1.82) is 0 Å². The molecule has 0 fully saturated rings. The molecule has 9 rings (SSSR count). The molecular formula is C52H51Cl2SiZr. The molecule has 0 aromatic heterocycles. The van der Waals surface area contributed by atoms with Crippen molar-refractivity contribution in [3.8, 4) is 33.4 Å². The first-order valence-electron chi connectivity index (χ1n) is 20.7. The summed E-state index contributed by atoms with van der Waals surface area (Å²) >= 11 is -5.55. The molecule has 0 saturated carbocycles. The van der Waals surface area contributed by atoms with Crippen molar-refractivity contribution in [3.05, 3.63) is 172 Å². The van der Waals surface area contributed by atoms with Crippen molar-refractivity contribution in [2.45, 2.75) is 73.5 Å². The van der Waals surface area contributed by atoms with Crippen LogP contribution in [0.4, 0.5) is 0 Å². The van der Waals surface area contributed by atoms with E-state index in [4.69, 9.17) is 0 Å². The number of benzene rings is 6. The molecule has 281 valence electrons. The number of rotatable bonds is 9. The van der Waals surface area contributed by atoms with E-state index in [0.29, 0.717) is 11.8 Å². The fourth-order valence-corrected chi connectivity index (χ4v) is 39.1. The molecule has 56 heavy (non-hydrogen) atoms. The Balaban J connectivity index is 1.35. The summed E-state index contributed by atoms with van der Waals surface area (Å²) in [5.74, 6) is 0.806. The summed E-state index contributed by atoms with van der Waals surface area (Å²) in [6.07, 6.45) is 6.79. The molecule has 1 heterocycles. The number of hydrogen-bond acceptors (Lipinski definition) is 0. The Hall–Kier alpha value is -3.52. The van der Waals surface area contributed by atoms with Crippen LogP contribution in [0.15, 0.2) is 139 Å². The van der Waals surface area contributed by atoms with Crippen LogP contribution in [0.2, 0.25) is 0 Å². The van der Waals surface area contributed by atoms with E-state index in [2.05, 4.69) is 181 Å². The van der Waals surface area contributed by atoms with E-state index in [-0.39, 0.29) is 7.25 Å². The van der Waals surface area contributed by atoms with Gasteiger partial charge in [0.15, 0.2) is 0 Å². The van der Waals surface area contributed by atoms with E-state index in [9.17, 15) is 17.0 Å². The third kappa shape index (κ3) is 5.68. The van der Waals surface area contributed by atoms with Gasteiger partial charge in [0, 0.05) is 0 Å². The van der Waals surface area contributed by atoms with Crippen molar-refractivity contribution in [3.63, 3.8) is 0 Å². The quantitative estimate of drug-likeness (QED) is 0.127. The third-order valence-corrected chi connectivity index (χ3v) is 36.1. The molecule has 6 aromatic carbocycles. The van der Waals surface area contributed by atoms with Crippen LogP contribution in [0.1, 0.15) is 107 Å². The summed E-state index contributed by atoms with van der Waals surface area (Å²) in [4.78, 5) is 0. The first-order chi connectivity index (χ1) is 27.1. The normalized spacial score (nSPS) is 18.0. The first kappa shape index (κ1) is 38.0. The molecule has 2 aliphatic carbocycles. The van der Waals surface area contributed by atoms with Gasteiger partial charge in [-0.15, -0.1) is 0 Å². The second-order valence-corrected chi connectivity index (χ2v) is 39.4. The molecule has 6 aromatic rings. The Kier molecular flexibility index (Phi) is 9.77. The molecule has 2 atom stereocenters. The van der Waals surface area contributed by atoms with Gasteiger partial charge in [-0.25, -0.2) is 0 Å². The number of halogens is 2. The SMILES string of the molecule is CCC1=Cc2c(-c3ccccc3C(C)C)cccc2[CH]1[Zr]([Cl])([Cl])([c]1cccc2c1[SiH2]c1ccccc1-2)[CH]1C(CC)=Cc2c(-c3ccccc3C(C)C)cccc21. The van der Waals surface area contributed by atoms with Crippen molar-refractivity contribution in [2.24, 2.45) is 0 Å². The molecular weight excluding hydrogens is 815 g/mol. The fraction of sp³-hybridized carbons (Fsp3) is 0.231. The van der Waals surface area contributed by atoms with Crippen LogP contribution in [0.3, 0.4) is 0 Å². The van der Waals surface area contributed by atoms with Gasteiger partial charge < -0.3 is 0 Å². The molecule has 2 unspecified atom stereocenters. The van der Waals surface area contributed by atoms with Gasteiger partial charge >= 0.3 is 348 Å². The second kappa shape index (κ2) is 14.4. The molecule has 0 nitrogen and oxygen atoms in total. The van der Waals surface area contributed by atoms with Gasteiger partial charge in [-0.1, -0.05) is 0 Å². The van der Waals surface area contributed by atoms with Crippen LogP contribution in [0.5, 0.6) is 0 Å². The van der Waals surface area contributed by atoms with Gasteiger partial charge in [-0.05, 0) is 0 Å². The molecule has 0 spiro atoms. The molecule has 0 N–H and O–H groups in total. The Morgan fingerprint density at radius 2 is 0.929 bits per heavy atom. The summed E-state index contributed by atoms with van der Waals surface area (Å²) in [6, 6.07) is 47.9. The number of fused-ring (bicyclic) bond motifs is 5. The molecule has 4 heteroatoms. The zero-order valence-electron chi connectivity index (χ0n) is 33.5. The van der Waals surface area contributed by atoms with Crippen LogP contribution < -0.4 is 13.6 Å². The Morgan fingerprint density at radius 3 is 1.43 bits per heavy atom. The van der Waals surface area contributed by atoms with Crippen LogP contribution >= 0.6 is 17.0 Å². The monoisotopic (exact) mass is 863 g/mol. The van der Waals surface area contributed by atoms with E-state index in [1.165, 1.54) is 91.6 Å². The topological polar surface area (TPSA) is 0 Å². The Bertz CT molecular complexity index is 2480. The van der Waals surface area contributed by atoms with Crippen molar-refractivity contribution >= 4 is 52.3 Å². The van der Waals surface area contributed by atoms with Crippen LogP contribution in [-0.4, -0.2) is 9.52 Å². The summed E-state index contributed by atoms with van der Waals surface area (Å²) in [7, 11) is 17.6. The summed E-state index contributed by atoms with van der Waals surface area (Å²) in [5, 5.41) is 2.97. The molecule has 0 bridgehead atoms. The summed E-state index contributed by atoms with van der Waals surface area (Å²) in [6.45, 7) is 13.8. The van der Waals surface area contributed by atoms with Gasteiger partial charge in [-0.3, -0.25) is 0 Å². The van der Waals surface area contributed by atoms with E-state index < -0.39 is 25.9 Å². The minimum atomic E-state index is -5.55. The minimum absolute atomic E-state index is 0.0762. The Morgan fingerprint density at radius 1 is 0.500 bits per heavy atom. The summed E-state index contributed by atoms with van der Waals surface area (Å²) in [5.41, 5.74) is 18.7. The number of hydrogen-bond donors (Lipinski definition) is 0. The van der Waals surface area contributed by atoms with Gasteiger partial charge in [0.25, 0.3) is 0 Å². The van der Waals surface area contributed by atoms with E-state index in [1.807, 2.05) is 0 Å². The maximum atomic E-state index is 9.24. The third-order valence-electron chi connectivity index (χ3n) is 13.3. The van der Waals surface area contributed by atoms with Gasteiger partial charge in [-0.2, -0.15) is 0 Å². The van der Waals surface area contributed by atoms with Crippen LogP contribution in [0.25, 0.3) is 45.5 Å². The molecule has 0 amide bonds. The predicted molar refractivity (Wildman–Crippen MR) is 245 cm³/mol. The fourth-order valence-electron chi connectivity index (χ4n) is 10.8. The average Bonchev–Trinajstić information content (AvgIpc) is 3.93. The molecule has 1 aliphatic heterocycles. The van der Waals surface area contributed by atoms with Gasteiger partial charge in [0.05, 0.1) is 0 Å². The van der Waals surface area contributed by atoms with E-state index in [1.54, 1.807) is 0 Å². The first-order valence-corrected chi connectivity index (χ1v) is 32.5. The second-order valence-electron chi connectivity index (χ2n) is 16.9. The van der Waals surface area contributed by atoms with Crippen molar-refractivity contribution in [2.75, 3.05) is 0 Å². The standard InChI is InChI=1S/2C20H21.C12H9Si.2ClH.Zr/c2*1-4-15-12-16-8-7-11-19(20(16)13-15)18-10-6-5-9-17(18)14(2)3;1-3-7-11-9(5-1)10-6-2-4-8-12(10)13-11;;;/h2*5-14H,4H2,1-3H3;1-7H,13H2;2*1H;/q;;;;;+2/p-2. The molecule has 0 radical (unpaired) electrons. The average molecular weight is 866 g/mol. The van der Waals surface area contributed by atoms with E-state index >= 15 is 0 Å². The van der Waals surface area contributed by atoms with Crippen LogP contribution in [0, 0.1) is 0 Å². The van der Waals surface area contributed by atoms with Gasteiger partial charge in [0.2, 0.25) is 0 Å². The van der Waals surface area contributed by atoms with Crippen molar-refractivity contribution < 1.29 is 16.4 Å². The summed E-state index contributed by atoms with van der Waals surface area (Å²) < 4.78 is 1.14. The van der Waals surface area contributed by atoms with Crippen molar-refractivity contribution in [1.82, 2.24) is 0 Å².